The van der Waals surface area contributed by atoms with E-state index in [1.165, 1.54) is 4.90 Å². The van der Waals surface area contributed by atoms with Crippen LogP contribution in [0, 0.1) is 0 Å². The Morgan fingerprint density at radius 1 is 1.38 bits per heavy atom. The second-order valence-electron chi connectivity index (χ2n) is 6.78. The minimum Gasteiger partial charge on any atom is -0.385 e. The number of ether oxygens (including phenoxy) is 1. The van der Waals surface area contributed by atoms with Crippen molar-refractivity contribution in [3.63, 3.8) is 0 Å². The van der Waals surface area contributed by atoms with Gasteiger partial charge in [0, 0.05) is 53.5 Å². The van der Waals surface area contributed by atoms with Crippen LogP contribution < -0.4 is 5.32 Å². The Morgan fingerprint density at radius 2 is 2.19 bits per heavy atom. The second-order valence-corrected chi connectivity index (χ2v) is 6.78. The molecular weight excluding hydrogens is 336 g/mol. The van der Waals surface area contributed by atoms with Crippen molar-refractivity contribution < 1.29 is 14.3 Å². The Kier molecular flexibility index (Phi) is 7.83. The number of carbonyl (C=O) groups is 2. The van der Waals surface area contributed by atoms with Gasteiger partial charge in [-0.3, -0.25) is 9.48 Å². The molecule has 1 N–H and O–H groups in total. The average molecular weight is 366 g/mol. The Balaban J connectivity index is 1.86. The summed E-state index contributed by atoms with van der Waals surface area (Å²) in [4.78, 5) is 27.7. The minimum absolute atomic E-state index is 0.00660. The number of methoxy groups -OCH3 is 1. The lowest BCUT2D eigenvalue weighted by molar-refractivity contribution is 0.0822. The SMILES string of the molecule is COCCCNC(=O)N1CCCCC1CCn1cc(C(=O)N(C)C)nn1. The van der Waals surface area contributed by atoms with Gasteiger partial charge in [-0.25, -0.2) is 4.79 Å². The number of rotatable bonds is 8. The van der Waals surface area contributed by atoms with Crippen molar-refractivity contribution in [2.45, 2.75) is 44.7 Å². The highest BCUT2D eigenvalue weighted by Gasteiger charge is 2.26. The van der Waals surface area contributed by atoms with E-state index in [2.05, 4.69) is 15.6 Å². The molecule has 1 aliphatic rings. The van der Waals surface area contributed by atoms with E-state index in [0.29, 0.717) is 25.4 Å². The van der Waals surface area contributed by atoms with E-state index in [-0.39, 0.29) is 18.0 Å². The van der Waals surface area contributed by atoms with Gasteiger partial charge >= 0.3 is 6.03 Å². The molecule has 1 atom stereocenters. The second kappa shape index (κ2) is 10.1. The van der Waals surface area contributed by atoms with Crippen LogP contribution in [0.5, 0.6) is 0 Å². The maximum absolute atomic E-state index is 12.4. The number of urea groups is 1. The summed E-state index contributed by atoms with van der Waals surface area (Å²) in [5, 5.41) is 10.9. The van der Waals surface area contributed by atoms with Gasteiger partial charge in [-0.1, -0.05) is 5.21 Å². The predicted molar refractivity (Wildman–Crippen MR) is 96.9 cm³/mol. The molecule has 1 aromatic heterocycles. The molecule has 0 saturated carbocycles. The zero-order valence-corrected chi connectivity index (χ0v) is 16.0. The Labute approximate surface area is 154 Å². The minimum atomic E-state index is -0.161. The van der Waals surface area contributed by atoms with E-state index >= 15 is 0 Å². The molecule has 1 aromatic rings. The Morgan fingerprint density at radius 3 is 2.92 bits per heavy atom. The van der Waals surface area contributed by atoms with Gasteiger partial charge < -0.3 is 19.9 Å². The highest BCUT2D eigenvalue weighted by Crippen LogP contribution is 2.20. The predicted octanol–water partition coefficient (Wildman–Crippen LogP) is 0.971. The number of aryl methyl sites for hydroxylation is 1. The van der Waals surface area contributed by atoms with E-state index in [4.69, 9.17) is 4.74 Å². The maximum Gasteiger partial charge on any atom is 0.317 e. The summed E-state index contributed by atoms with van der Waals surface area (Å²) < 4.78 is 6.68. The van der Waals surface area contributed by atoms with Gasteiger partial charge in [0.15, 0.2) is 5.69 Å². The summed E-state index contributed by atoms with van der Waals surface area (Å²) in [5.41, 5.74) is 0.339. The molecule has 0 aromatic carbocycles. The van der Waals surface area contributed by atoms with E-state index in [0.717, 1.165) is 38.6 Å². The molecule has 0 spiro atoms. The third-order valence-corrected chi connectivity index (χ3v) is 4.54. The van der Waals surface area contributed by atoms with E-state index in [9.17, 15) is 9.59 Å². The molecule has 1 aliphatic heterocycles. The Hall–Kier alpha value is -2.16. The smallest absolute Gasteiger partial charge is 0.317 e. The number of hydrogen-bond acceptors (Lipinski definition) is 5. The van der Waals surface area contributed by atoms with Gasteiger partial charge in [-0.15, -0.1) is 5.10 Å². The molecule has 1 fully saturated rings. The average Bonchev–Trinajstić information content (AvgIpc) is 3.11. The lowest BCUT2D eigenvalue weighted by atomic mass is 10.00. The fourth-order valence-corrected chi connectivity index (χ4v) is 3.10. The van der Waals surface area contributed by atoms with Crippen LogP contribution in [0.2, 0.25) is 0 Å². The molecule has 2 rings (SSSR count). The maximum atomic E-state index is 12.4. The van der Waals surface area contributed by atoms with E-state index in [1.54, 1.807) is 32.1 Å². The number of hydrogen-bond donors (Lipinski definition) is 1. The van der Waals surface area contributed by atoms with Gasteiger partial charge in [0.1, 0.15) is 0 Å². The fourth-order valence-electron chi connectivity index (χ4n) is 3.10. The lowest BCUT2D eigenvalue weighted by Crippen LogP contribution is -2.49. The topological polar surface area (TPSA) is 92.6 Å². The van der Waals surface area contributed by atoms with Crippen molar-refractivity contribution in [3.05, 3.63) is 11.9 Å². The first-order valence-electron chi connectivity index (χ1n) is 9.18. The molecule has 9 nitrogen and oxygen atoms in total. The van der Waals surface area contributed by atoms with Crippen LogP contribution in [0.15, 0.2) is 6.20 Å². The standard InChI is InChI=1S/C17H30N6O3/c1-21(2)16(24)15-13-22(20-19-15)11-8-14-7-4-5-10-23(14)17(25)18-9-6-12-26-3/h13-14H,4-12H2,1-3H3,(H,18,25). The zero-order chi connectivity index (χ0) is 18.9. The quantitative estimate of drug-likeness (QED) is 0.692. The fraction of sp³-hybridized carbons (Fsp3) is 0.765. The third-order valence-electron chi connectivity index (χ3n) is 4.54. The van der Waals surface area contributed by atoms with Gasteiger partial charge in [-0.05, 0) is 32.1 Å². The molecule has 0 radical (unpaired) electrons. The monoisotopic (exact) mass is 366 g/mol. The van der Waals surface area contributed by atoms with Crippen molar-refractivity contribution in [3.8, 4) is 0 Å². The largest absolute Gasteiger partial charge is 0.385 e. The van der Waals surface area contributed by atoms with Crippen LogP contribution in [0.4, 0.5) is 4.79 Å². The van der Waals surface area contributed by atoms with Crippen LogP contribution in [0.25, 0.3) is 0 Å². The molecule has 1 saturated heterocycles. The molecule has 1 unspecified atom stereocenters. The van der Waals surface area contributed by atoms with Gasteiger partial charge in [-0.2, -0.15) is 0 Å². The molecule has 9 heteroatoms. The van der Waals surface area contributed by atoms with Crippen LogP contribution in [-0.2, 0) is 11.3 Å². The number of carbonyl (C=O) groups excluding carboxylic acids is 2. The molecule has 3 amide bonds. The van der Waals surface area contributed by atoms with Crippen molar-refractivity contribution in [1.29, 1.82) is 0 Å². The summed E-state index contributed by atoms with van der Waals surface area (Å²) in [6.07, 6.45) is 6.42. The summed E-state index contributed by atoms with van der Waals surface area (Å²) in [6, 6.07) is 0.177. The number of nitrogens with zero attached hydrogens (tertiary/aromatic N) is 5. The van der Waals surface area contributed by atoms with Crippen LogP contribution in [0.3, 0.4) is 0 Å². The lowest BCUT2D eigenvalue weighted by Gasteiger charge is -2.35. The normalized spacial score (nSPS) is 17.2. The summed E-state index contributed by atoms with van der Waals surface area (Å²) in [5.74, 6) is -0.161. The first-order valence-corrected chi connectivity index (χ1v) is 9.18. The van der Waals surface area contributed by atoms with Gasteiger partial charge in [0.25, 0.3) is 5.91 Å². The van der Waals surface area contributed by atoms with Gasteiger partial charge in [0.2, 0.25) is 0 Å². The highest BCUT2D eigenvalue weighted by atomic mass is 16.5. The number of amides is 3. The van der Waals surface area contributed by atoms with Crippen molar-refractivity contribution in [2.75, 3.05) is 40.9 Å². The summed E-state index contributed by atoms with van der Waals surface area (Å²) in [7, 11) is 5.03. The molecule has 0 bridgehead atoms. The van der Waals surface area contributed by atoms with Crippen molar-refractivity contribution in [2.24, 2.45) is 0 Å². The van der Waals surface area contributed by atoms with Gasteiger partial charge in [0.05, 0.1) is 6.20 Å². The number of nitrogens with one attached hydrogen (secondary N) is 1. The van der Waals surface area contributed by atoms with Crippen LogP contribution in [0.1, 0.15) is 42.6 Å². The molecule has 146 valence electrons. The third kappa shape index (κ3) is 5.69. The number of piperidine rings is 1. The van der Waals surface area contributed by atoms with Crippen molar-refractivity contribution in [1.82, 2.24) is 30.1 Å². The zero-order valence-electron chi connectivity index (χ0n) is 16.0. The highest BCUT2D eigenvalue weighted by molar-refractivity contribution is 5.91. The molecule has 26 heavy (non-hydrogen) atoms. The van der Waals surface area contributed by atoms with Crippen molar-refractivity contribution >= 4 is 11.9 Å². The summed E-state index contributed by atoms with van der Waals surface area (Å²) in [6.45, 7) is 2.67. The molecule has 2 heterocycles. The summed E-state index contributed by atoms with van der Waals surface area (Å²) >= 11 is 0. The molecule has 0 aliphatic carbocycles. The van der Waals surface area contributed by atoms with Crippen LogP contribution in [-0.4, -0.2) is 83.7 Å². The van der Waals surface area contributed by atoms with E-state index < -0.39 is 0 Å². The number of likely N-dealkylation sites (tertiary alicyclic amines) is 1. The first-order chi connectivity index (χ1) is 12.5. The van der Waals surface area contributed by atoms with Crippen LogP contribution >= 0.6 is 0 Å². The molecular formula is C17H30N6O3. The Bertz CT molecular complexity index is 589. The number of aromatic nitrogens is 3. The first kappa shape index (κ1) is 20.2. The van der Waals surface area contributed by atoms with E-state index in [1.807, 2.05) is 4.90 Å².